The molecular weight excluding hydrogens is 253 g/mol. The maximum Gasteiger partial charge on any atom is 0.141 e. The molecule has 4 aliphatic rings. The second-order valence-electron chi connectivity index (χ2n) is 7.97. The van der Waals surface area contributed by atoms with Crippen LogP contribution in [0, 0.1) is 28.5 Å². The molecule has 5 rings (SSSR count). The quantitative estimate of drug-likeness (QED) is 0.889. The van der Waals surface area contributed by atoms with Crippen molar-refractivity contribution < 1.29 is 9.50 Å². The highest BCUT2D eigenvalue weighted by Crippen LogP contribution is 2.68. The van der Waals surface area contributed by atoms with Gasteiger partial charge in [-0.25, -0.2) is 4.39 Å². The molecule has 1 N–H and O–H groups in total. The SMILES string of the molecule is CC12CC3CC(C1)CC(C(O)c1cncc(F)c1)(C3)C2. The van der Waals surface area contributed by atoms with Gasteiger partial charge in [-0.05, 0) is 61.8 Å². The molecule has 4 saturated carbocycles. The molecule has 4 bridgehead atoms. The molecule has 1 aromatic heterocycles. The maximum atomic E-state index is 13.4. The van der Waals surface area contributed by atoms with Gasteiger partial charge in [0.1, 0.15) is 5.82 Å². The largest absolute Gasteiger partial charge is 0.388 e. The van der Waals surface area contributed by atoms with E-state index >= 15 is 0 Å². The van der Waals surface area contributed by atoms with E-state index in [9.17, 15) is 9.50 Å². The van der Waals surface area contributed by atoms with Gasteiger partial charge in [0.05, 0.1) is 12.3 Å². The Hall–Kier alpha value is -0.960. The van der Waals surface area contributed by atoms with E-state index < -0.39 is 6.10 Å². The molecule has 108 valence electrons. The minimum atomic E-state index is -0.559. The normalized spacial score (nSPS) is 43.8. The summed E-state index contributed by atoms with van der Waals surface area (Å²) in [5.41, 5.74) is 1.02. The Morgan fingerprint density at radius 2 is 1.95 bits per heavy atom. The Morgan fingerprint density at radius 3 is 2.55 bits per heavy atom. The fourth-order valence-corrected chi connectivity index (χ4v) is 6.05. The number of hydrogen-bond donors (Lipinski definition) is 1. The Labute approximate surface area is 119 Å². The third-order valence-corrected chi connectivity index (χ3v) is 6.02. The number of pyridine rings is 1. The van der Waals surface area contributed by atoms with Crippen molar-refractivity contribution in [2.24, 2.45) is 22.7 Å². The number of hydrogen-bond acceptors (Lipinski definition) is 2. The van der Waals surface area contributed by atoms with Gasteiger partial charge in [-0.3, -0.25) is 4.98 Å². The van der Waals surface area contributed by atoms with Crippen LogP contribution in [-0.2, 0) is 0 Å². The van der Waals surface area contributed by atoms with Crippen molar-refractivity contribution in [1.82, 2.24) is 4.98 Å². The molecule has 3 heteroatoms. The van der Waals surface area contributed by atoms with E-state index in [-0.39, 0.29) is 11.2 Å². The molecule has 0 aliphatic heterocycles. The van der Waals surface area contributed by atoms with Crippen molar-refractivity contribution in [3.8, 4) is 0 Å². The fourth-order valence-electron chi connectivity index (χ4n) is 6.05. The van der Waals surface area contributed by atoms with Crippen LogP contribution in [0.15, 0.2) is 18.5 Å². The fraction of sp³-hybridized carbons (Fsp3) is 0.706. The third-order valence-electron chi connectivity index (χ3n) is 6.02. The van der Waals surface area contributed by atoms with Crippen LogP contribution in [0.1, 0.15) is 57.1 Å². The molecule has 4 aliphatic carbocycles. The molecular formula is C17H22FNO. The van der Waals surface area contributed by atoms with E-state index in [0.29, 0.717) is 11.0 Å². The summed E-state index contributed by atoms with van der Waals surface area (Å²) in [5, 5.41) is 10.9. The van der Waals surface area contributed by atoms with E-state index in [0.717, 1.165) is 31.1 Å². The van der Waals surface area contributed by atoms with Crippen LogP contribution in [0.5, 0.6) is 0 Å². The summed E-state index contributed by atoms with van der Waals surface area (Å²) in [6, 6.07) is 1.46. The van der Waals surface area contributed by atoms with E-state index in [4.69, 9.17) is 0 Å². The summed E-state index contributed by atoms with van der Waals surface area (Å²) in [5.74, 6) is 1.17. The second kappa shape index (κ2) is 4.03. The summed E-state index contributed by atoms with van der Waals surface area (Å²) < 4.78 is 13.4. The smallest absolute Gasteiger partial charge is 0.141 e. The Bertz CT molecular complexity index is 530. The number of rotatable bonds is 2. The van der Waals surface area contributed by atoms with Gasteiger partial charge in [0.15, 0.2) is 0 Å². The molecule has 20 heavy (non-hydrogen) atoms. The minimum Gasteiger partial charge on any atom is -0.388 e. The van der Waals surface area contributed by atoms with Gasteiger partial charge in [-0.1, -0.05) is 6.92 Å². The average molecular weight is 275 g/mol. The van der Waals surface area contributed by atoms with E-state index in [2.05, 4.69) is 11.9 Å². The number of aliphatic hydroxyl groups is 1. The molecule has 1 aromatic rings. The lowest BCUT2D eigenvalue weighted by Crippen LogP contribution is -2.53. The molecule has 0 saturated heterocycles. The summed E-state index contributed by atoms with van der Waals surface area (Å²) in [6.07, 6.45) is 9.56. The lowest BCUT2D eigenvalue weighted by atomic mass is 9.43. The van der Waals surface area contributed by atoms with Crippen molar-refractivity contribution in [3.05, 3.63) is 29.8 Å². The van der Waals surface area contributed by atoms with E-state index in [1.165, 1.54) is 31.5 Å². The molecule has 0 aromatic carbocycles. The lowest BCUT2D eigenvalue weighted by molar-refractivity contribution is -0.155. The van der Waals surface area contributed by atoms with Gasteiger partial charge < -0.3 is 5.11 Å². The zero-order chi connectivity index (χ0) is 14.0. The second-order valence-corrected chi connectivity index (χ2v) is 7.97. The van der Waals surface area contributed by atoms with Crippen LogP contribution in [0.25, 0.3) is 0 Å². The van der Waals surface area contributed by atoms with Crippen LogP contribution >= 0.6 is 0 Å². The molecule has 0 amide bonds. The summed E-state index contributed by atoms with van der Waals surface area (Å²) in [4.78, 5) is 3.92. The van der Waals surface area contributed by atoms with Crippen LogP contribution in [0.3, 0.4) is 0 Å². The molecule has 1 heterocycles. The number of aliphatic hydroxyl groups excluding tert-OH is 1. The molecule has 0 spiro atoms. The first-order valence-corrected chi connectivity index (χ1v) is 7.77. The zero-order valence-electron chi connectivity index (χ0n) is 12.0. The monoisotopic (exact) mass is 275 g/mol. The highest BCUT2D eigenvalue weighted by atomic mass is 19.1. The van der Waals surface area contributed by atoms with Crippen molar-refractivity contribution in [2.75, 3.05) is 0 Å². The first-order valence-electron chi connectivity index (χ1n) is 7.77. The summed E-state index contributed by atoms with van der Waals surface area (Å²) in [6.45, 7) is 2.38. The van der Waals surface area contributed by atoms with Crippen molar-refractivity contribution in [3.63, 3.8) is 0 Å². The average Bonchev–Trinajstić information content (AvgIpc) is 2.35. The van der Waals surface area contributed by atoms with Crippen LogP contribution in [-0.4, -0.2) is 10.1 Å². The van der Waals surface area contributed by atoms with Crippen molar-refractivity contribution in [2.45, 2.75) is 51.6 Å². The summed E-state index contributed by atoms with van der Waals surface area (Å²) in [7, 11) is 0. The Balaban J connectivity index is 1.70. The number of nitrogens with zero attached hydrogens (tertiary/aromatic N) is 1. The first-order chi connectivity index (χ1) is 9.48. The highest BCUT2D eigenvalue weighted by molar-refractivity contribution is 5.20. The highest BCUT2D eigenvalue weighted by Gasteiger charge is 2.58. The van der Waals surface area contributed by atoms with Crippen LogP contribution in [0.4, 0.5) is 4.39 Å². The standard InChI is InChI=1S/C17H22FNO/c1-16-4-11-2-12(5-16)7-17(6-11,10-16)15(20)13-3-14(18)9-19-8-13/h3,8-9,11-12,15,20H,2,4-7,10H2,1H3. The predicted octanol–water partition coefficient (Wildman–Crippen LogP) is 3.86. The Kier molecular flexibility index (Phi) is 2.57. The summed E-state index contributed by atoms with van der Waals surface area (Å²) >= 11 is 0. The van der Waals surface area contributed by atoms with Crippen LogP contribution < -0.4 is 0 Å². The van der Waals surface area contributed by atoms with E-state index in [1.807, 2.05) is 0 Å². The molecule has 0 radical (unpaired) electrons. The van der Waals surface area contributed by atoms with E-state index in [1.54, 1.807) is 6.20 Å². The molecule has 2 nitrogen and oxygen atoms in total. The van der Waals surface area contributed by atoms with Crippen molar-refractivity contribution in [1.29, 1.82) is 0 Å². The maximum absolute atomic E-state index is 13.4. The topological polar surface area (TPSA) is 33.1 Å². The zero-order valence-corrected chi connectivity index (χ0v) is 12.0. The van der Waals surface area contributed by atoms with Gasteiger partial charge in [0, 0.05) is 17.2 Å². The van der Waals surface area contributed by atoms with Gasteiger partial charge >= 0.3 is 0 Å². The molecule has 3 unspecified atom stereocenters. The molecule has 4 fully saturated rings. The molecule has 3 atom stereocenters. The predicted molar refractivity (Wildman–Crippen MR) is 74.4 cm³/mol. The number of aromatic nitrogens is 1. The van der Waals surface area contributed by atoms with Crippen molar-refractivity contribution >= 4 is 0 Å². The van der Waals surface area contributed by atoms with Gasteiger partial charge in [-0.2, -0.15) is 0 Å². The first kappa shape index (κ1) is 12.8. The Morgan fingerprint density at radius 1 is 1.25 bits per heavy atom. The van der Waals surface area contributed by atoms with Crippen LogP contribution in [0.2, 0.25) is 0 Å². The lowest BCUT2D eigenvalue weighted by Gasteiger charge is -2.62. The van der Waals surface area contributed by atoms with Gasteiger partial charge in [0.25, 0.3) is 0 Å². The minimum absolute atomic E-state index is 0.0334. The van der Waals surface area contributed by atoms with Gasteiger partial charge in [-0.15, -0.1) is 0 Å². The third kappa shape index (κ3) is 1.82. The van der Waals surface area contributed by atoms with Gasteiger partial charge in [0.2, 0.25) is 0 Å². The number of halogens is 1.